The standard InChI is InChI=1S/C11H23N3O.HI/c1-11(2,3)14-10(12)13-7-8-5-4-6-9(8)15;/h8-9,15H,4-7H2,1-3H3,(H3,12,13,14);1H. The van der Waals surface area contributed by atoms with E-state index < -0.39 is 0 Å². The summed E-state index contributed by atoms with van der Waals surface area (Å²) in [5.41, 5.74) is 5.69. The SMILES string of the molecule is CC(C)(C)NC(N)=NCC1CCCC1O.I. The van der Waals surface area contributed by atoms with Gasteiger partial charge in [0.25, 0.3) is 0 Å². The van der Waals surface area contributed by atoms with E-state index in [4.69, 9.17) is 5.73 Å². The normalized spacial score (nSPS) is 26.4. The topological polar surface area (TPSA) is 70.6 Å². The summed E-state index contributed by atoms with van der Waals surface area (Å²) in [5, 5.41) is 12.7. The summed E-state index contributed by atoms with van der Waals surface area (Å²) in [5.74, 6) is 0.770. The molecule has 0 amide bonds. The Bertz CT molecular complexity index is 238. The molecule has 0 saturated heterocycles. The van der Waals surface area contributed by atoms with Gasteiger partial charge in [0, 0.05) is 18.0 Å². The second-order valence-corrected chi connectivity index (χ2v) is 5.36. The first kappa shape index (κ1) is 16.0. The summed E-state index contributed by atoms with van der Waals surface area (Å²) in [6, 6.07) is 0. The van der Waals surface area contributed by atoms with Crippen LogP contribution in [0.15, 0.2) is 4.99 Å². The number of aliphatic imine (C=N–C) groups is 1. The van der Waals surface area contributed by atoms with Crippen LogP contribution < -0.4 is 11.1 Å². The van der Waals surface area contributed by atoms with E-state index in [0.717, 1.165) is 19.3 Å². The van der Waals surface area contributed by atoms with Gasteiger partial charge in [-0.15, -0.1) is 24.0 Å². The highest BCUT2D eigenvalue weighted by Crippen LogP contribution is 2.25. The Hall–Kier alpha value is -0.0400. The van der Waals surface area contributed by atoms with Crippen LogP contribution in [0.5, 0.6) is 0 Å². The van der Waals surface area contributed by atoms with Crippen molar-refractivity contribution < 1.29 is 5.11 Å². The fraction of sp³-hybridized carbons (Fsp3) is 0.909. The zero-order valence-corrected chi connectivity index (χ0v) is 12.7. The van der Waals surface area contributed by atoms with Gasteiger partial charge < -0.3 is 16.2 Å². The monoisotopic (exact) mass is 341 g/mol. The fourth-order valence-corrected chi connectivity index (χ4v) is 1.87. The lowest BCUT2D eigenvalue weighted by Gasteiger charge is -2.21. The van der Waals surface area contributed by atoms with E-state index in [9.17, 15) is 5.11 Å². The number of guanidine groups is 1. The summed E-state index contributed by atoms with van der Waals surface area (Å²) in [4.78, 5) is 4.27. The van der Waals surface area contributed by atoms with Crippen molar-refractivity contribution in [3.63, 3.8) is 0 Å². The van der Waals surface area contributed by atoms with Crippen LogP contribution in [0.4, 0.5) is 0 Å². The molecule has 4 N–H and O–H groups in total. The second-order valence-electron chi connectivity index (χ2n) is 5.36. The first-order chi connectivity index (χ1) is 6.88. The number of aliphatic hydroxyl groups is 1. The molecule has 96 valence electrons. The Balaban J connectivity index is 0.00000225. The molecule has 4 nitrogen and oxygen atoms in total. The Morgan fingerprint density at radius 2 is 2.06 bits per heavy atom. The quantitative estimate of drug-likeness (QED) is 0.405. The van der Waals surface area contributed by atoms with Crippen molar-refractivity contribution in [1.29, 1.82) is 0 Å². The summed E-state index contributed by atoms with van der Waals surface area (Å²) < 4.78 is 0. The van der Waals surface area contributed by atoms with Gasteiger partial charge in [-0.2, -0.15) is 0 Å². The molecule has 0 bridgehead atoms. The third-order valence-corrected chi connectivity index (χ3v) is 2.62. The van der Waals surface area contributed by atoms with Crippen molar-refractivity contribution in [1.82, 2.24) is 5.32 Å². The van der Waals surface area contributed by atoms with Crippen molar-refractivity contribution in [2.24, 2.45) is 16.6 Å². The van der Waals surface area contributed by atoms with Crippen LogP contribution >= 0.6 is 24.0 Å². The van der Waals surface area contributed by atoms with E-state index in [0.29, 0.717) is 18.4 Å². The predicted octanol–water partition coefficient (Wildman–Crippen LogP) is 1.47. The average molecular weight is 341 g/mol. The molecule has 2 unspecified atom stereocenters. The van der Waals surface area contributed by atoms with Gasteiger partial charge in [0.05, 0.1) is 6.10 Å². The van der Waals surface area contributed by atoms with Crippen LogP contribution in [0, 0.1) is 5.92 Å². The minimum absolute atomic E-state index is 0. The van der Waals surface area contributed by atoms with Crippen LogP contribution in [-0.4, -0.2) is 29.3 Å². The lowest BCUT2D eigenvalue weighted by Crippen LogP contribution is -2.45. The number of hydrogen-bond acceptors (Lipinski definition) is 2. The van der Waals surface area contributed by atoms with E-state index in [1.807, 2.05) is 20.8 Å². The number of rotatable bonds is 2. The van der Waals surface area contributed by atoms with Crippen LogP contribution in [0.25, 0.3) is 0 Å². The maximum absolute atomic E-state index is 9.60. The molecule has 0 heterocycles. The molecular formula is C11H24IN3O. The molecule has 1 fully saturated rings. The highest BCUT2D eigenvalue weighted by atomic mass is 127. The predicted molar refractivity (Wildman–Crippen MR) is 78.1 cm³/mol. The molecule has 1 saturated carbocycles. The maximum Gasteiger partial charge on any atom is 0.188 e. The van der Waals surface area contributed by atoms with Crippen molar-refractivity contribution in [3.8, 4) is 0 Å². The minimum Gasteiger partial charge on any atom is -0.393 e. The Morgan fingerprint density at radius 1 is 1.44 bits per heavy atom. The molecule has 0 aromatic rings. The largest absolute Gasteiger partial charge is 0.393 e. The highest BCUT2D eigenvalue weighted by Gasteiger charge is 2.24. The van der Waals surface area contributed by atoms with Crippen LogP contribution in [0.3, 0.4) is 0 Å². The molecule has 1 rings (SSSR count). The third kappa shape index (κ3) is 5.89. The van der Waals surface area contributed by atoms with Gasteiger partial charge in [-0.05, 0) is 33.6 Å². The van der Waals surface area contributed by atoms with Crippen molar-refractivity contribution in [2.75, 3.05) is 6.54 Å². The van der Waals surface area contributed by atoms with Gasteiger partial charge in [0.15, 0.2) is 5.96 Å². The highest BCUT2D eigenvalue weighted by molar-refractivity contribution is 14.0. The van der Waals surface area contributed by atoms with E-state index in [1.54, 1.807) is 0 Å². The molecule has 1 aliphatic rings. The molecular weight excluding hydrogens is 317 g/mol. The smallest absolute Gasteiger partial charge is 0.188 e. The number of nitrogens with two attached hydrogens (primary N) is 1. The van der Waals surface area contributed by atoms with Crippen molar-refractivity contribution in [2.45, 2.75) is 51.7 Å². The maximum atomic E-state index is 9.60. The Kier molecular flexibility index (Phi) is 6.62. The van der Waals surface area contributed by atoms with Crippen LogP contribution in [0.1, 0.15) is 40.0 Å². The molecule has 2 atom stereocenters. The zero-order chi connectivity index (χ0) is 11.5. The molecule has 5 heteroatoms. The zero-order valence-electron chi connectivity index (χ0n) is 10.4. The Labute approximate surface area is 115 Å². The first-order valence-corrected chi connectivity index (χ1v) is 5.64. The van der Waals surface area contributed by atoms with Gasteiger partial charge in [0.2, 0.25) is 0 Å². The van der Waals surface area contributed by atoms with Gasteiger partial charge in [-0.25, -0.2) is 0 Å². The molecule has 0 spiro atoms. The fourth-order valence-electron chi connectivity index (χ4n) is 1.87. The summed E-state index contributed by atoms with van der Waals surface area (Å²) in [6.07, 6.45) is 2.89. The first-order valence-electron chi connectivity index (χ1n) is 5.64. The van der Waals surface area contributed by atoms with E-state index >= 15 is 0 Å². The van der Waals surface area contributed by atoms with Crippen molar-refractivity contribution >= 4 is 29.9 Å². The minimum atomic E-state index is -0.184. The van der Waals surface area contributed by atoms with E-state index in [1.165, 1.54) is 0 Å². The van der Waals surface area contributed by atoms with Gasteiger partial charge in [-0.1, -0.05) is 6.42 Å². The average Bonchev–Trinajstić information content (AvgIpc) is 2.44. The summed E-state index contributed by atoms with van der Waals surface area (Å²) >= 11 is 0. The molecule has 0 aliphatic heterocycles. The number of nitrogens with zero attached hydrogens (tertiary/aromatic N) is 1. The lowest BCUT2D eigenvalue weighted by molar-refractivity contribution is 0.136. The number of halogens is 1. The molecule has 1 aliphatic carbocycles. The van der Waals surface area contributed by atoms with Crippen LogP contribution in [-0.2, 0) is 0 Å². The summed E-state index contributed by atoms with van der Waals surface area (Å²) in [7, 11) is 0. The van der Waals surface area contributed by atoms with Crippen molar-refractivity contribution in [3.05, 3.63) is 0 Å². The van der Waals surface area contributed by atoms with E-state index in [2.05, 4.69) is 10.3 Å². The van der Waals surface area contributed by atoms with E-state index in [-0.39, 0.29) is 35.6 Å². The number of aliphatic hydroxyl groups excluding tert-OH is 1. The van der Waals surface area contributed by atoms with Crippen LogP contribution in [0.2, 0.25) is 0 Å². The van der Waals surface area contributed by atoms with Gasteiger partial charge in [-0.3, -0.25) is 4.99 Å². The number of nitrogens with one attached hydrogen (secondary N) is 1. The van der Waals surface area contributed by atoms with Gasteiger partial charge in [0.1, 0.15) is 0 Å². The second kappa shape index (κ2) is 6.64. The lowest BCUT2D eigenvalue weighted by atomic mass is 10.1. The van der Waals surface area contributed by atoms with Gasteiger partial charge >= 0.3 is 0 Å². The molecule has 0 aromatic carbocycles. The molecule has 0 aromatic heterocycles. The summed E-state index contributed by atoms with van der Waals surface area (Å²) in [6.45, 7) is 6.76. The molecule has 0 radical (unpaired) electrons. The number of hydrogen-bond donors (Lipinski definition) is 3. The Morgan fingerprint density at radius 3 is 2.50 bits per heavy atom. The molecule has 16 heavy (non-hydrogen) atoms. The third-order valence-electron chi connectivity index (χ3n) is 2.62.